The average Bonchev–Trinajstić information content (AvgIpc) is 1.14. The monoisotopic (exact) mass is 2060 g/mol. The number of nitrogens with zero attached hydrogens (tertiary/aromatic N) is 18. The van der Waals surface area contributed by atoms with Gasteiger partial charge >= 0.3 is 0 Å². The SMILES string of the molecule is C.C.C.CC(=O)N1CCN(c2ccc3cc(C)ccc3n2)CC1.CC(=O)N1CCN(c2ccc3cc(O)ccc3n2)CC1.CC(=O)N1CCN(c2ccc3cc(Oc4ccc(-c5ccnn5COCC[Si](C)(C)C)cc4)ccc3n2)CC1.CC(=O)N1CCN(c2ccc3cc(Oc4ccc(C5=CC=NC5)cn4)ccc3n2)CC1.Cc1ccc2nc(Cl)ccc2c1.O=c1ccc2cc(O)ccc2[nH]1.Oc1ccc2nc(Cl)ccc2c1. The zero-order chi connectivity index (χ0) is 102. The third-order valence-electron chi connectivity index (χ3n) is 25.4. The second-order valence-corrected chi connectivity index (χ2v) is 43.6. The maximum atomic E-state index is 11.6. The first-order valence-electron chi connectivity index (χ1n) is 48.6. The zero-order valence-electron chi connectivity index (χ0n) is 83.1. The minimum Gasteiger partial charge on any atom is -0.508 e. The molecule has 33 heteroatoms. The van der Waals surface area contributed by atoms with E-state index in [1.54, 1.807) is 82.3 Å². The summed E-state index contributed by atoms with van der Waals surface area (Å²) in [6.07, 6.45) is 7.45. The van der Waals surface area contributed by atoms with Crippen molar-refractivity contribution in [3.05, 3.63) is 311 Å². The van der Waals surface area contributed by atoms with Gasteiger partial charge in [0.1, 0.15) is 74.8 Å². The third-order valence-corrected chi connectivity index (χ3v) is 27.5. The number of phenolic OH excluding ortho intramolecular Hbond substituents is 3. The topological polar surface area (TPSA) is 336 Å². The fraction of sp³-hybridized carbons (Fsp3) is 0.276. The molecule has 0 atom stereocenters. The van der Waals surface area contributed by atoms with Gasteiger partial charge in [-0.3, -0.25) is 29.0 Å². The lowest BCUT2D eigenvalue weighted by molar-refractivity contribution is -0.129. The molecule has 14 heterocycles. The van der Waals surface area contributed by atoms with Crippen molar-refractivity contribution < 1.29 is 48.7 Å². The number of H-pyrrole nitrogens is 1. The van der Waals surface area contributed by atoms with Gasteiger partial charge in [0.05, 0.1) is 45.3 Å². The number of halogens is 2. The lowest BCUT2D eigenvalue weighted by Gasteiger charge is -2.35. The molecular weight excluding hydrogens is 1930 g/mol. The van der Waals surface area contributed by atoms with Crippen LogP contribution >= 0.6 is 23.2 Å². The fourth-order valence-corrected chi connectivity index (χ4v) is 18.2. The van der Waals surface area contributed by atoms with E-state index >= 15 is 0 Å². The van der Waals surface area contributed by atoms with Crippen molar-refractivity contribution >= 4 is 166 Å². The Kier molecular flexibility index (Phi) is 38.0. The minimum atomic E-state index is -1.11. The van der Waals surface area contributed by atoms with Crippen molar-refractivity contribution in [2.45, 2.75) is 96.2 Å². The number of aromatic hydroxyl groups is 3. The van der Waals surface area contributed by atoms with Crippen LogP contribution in [-0.4, -0.2) is 240 Å². The predicted octanol–water partition coefficient (Wildman–Crippen LogP) is 22.2. The maximum absolute atomic E-state index is 11.6. The van der Waals surface area contributed by atoms with Gasteiger partial charge in [-0.25, -0.2) is 39.6 Å². The van der Waals surface area contributed by atoms with Crippen LogP contribution in [-0.2, 0) is 30.6 Å². The summed E-state index contributed by atoms with van der Waals surface area (Å²) in [5.41, 5.74) is 12.9. The largest absolute Gasteiger partial charge is 0.508 e. The normalized spacial score (nSPS) is 13.8. The van der Waals surface area contributed by atoms with Crippen LogP contribution in [0.2, 0.25) is 36.0 Å². The van der Waals surface area contributed by atoms with Gasteiger partial charge in [-0.1, -0.05) is 88.4 Å². The van der Waals surface area contributed by atoms with Gasteiger partial charge in [0.25, 0.3) is 0 Å². The van der Waals surface area contributed by atoms with E-state index in [2.05, 4.69) is 137 Å². The molecule has 772 valence electrons. The van der Waals surface area contributed by atoms with Crippen molar-refractivity contribution in [1.82, 2.24) is 69.3 Å². The molecule has 0 unspecified atom stereocenters. The first-order chi connectivity index (χ1) is 70.4. The molecule has 22 rings (SSSR count). The van der Waals surface area contributed by atoms with Crippen LogP contribution < -0.4 is 34.6 Å². The van der Waals surface area contributed by atoms with E-state index in [-0.39, 0.29) is 68.7 Å². The molecule has 0 saturated carbocycles. The van der Waals surface area contributed by atoms with Crippen LogP contribution in [0, 0.1) is 13.8 Å². The van der Waals surface area contributed by atoms with Crippen molar-refractivity contribution in [3.8, 4) is 51.6 Å². The van der Waals surface area contributed by atoms with Crippen LogP contribution in [0.1, 0.15) is 66.7 Å². The van der Waals surface area contributed by atoms with Crippen LogP contribution in [0.3, 0.4) is 0 Å². The Balaban J connectivity index is 0.000000151. The summed E-state index contributed by atoms with van der Waals surface area (Å²) in [5.74, 6) is 7.86. The number of carbonyl (C=O) groups is 4. The Bertz CT molecular complexity index is 7370. The highest BCUT2D eigenvalue weighted by molar-refractivity contribution is 6.76. The lowest BCUT2D eigenvalue weighted by Crippen LogP contribution is -2.48. The summed E-state index contributed by atoms with van der Waals surface area (Å²) in [6.45, 7) is 32.1. The highest BCUT2D eigenvalue weighted by atomic mass is 35.5. The molecule has 5 aliphatic heterocycles. The number of amides is 4. The van der Waals surface area contributed by atoms with E-state index in [4.69, 9.17) is 62.6 Å². The summed E-state index contributed by atoms with van der Waals surface area (Å²) in [4.78, 5) is 112. The number of phenols is 3. The minimum absolute atomic E-state index is 0. The van der Waals surface area contributed by atoms with Crippen LogP contribution in [0.5, 0.6) is 40.4 Å². The van der Waals surface area contributed by atoms with Crippen molar-refractivity contribution in [1.29, 1.82) is 0 Å². The van der Waals surface area contributed by atoms with Gasteiger partial charge in [-0.15, -0.1) is 0 Å². The Morgan fingerprint density at radius 3 is 1.17 bits per heavy atom. The Morgan fingerprint density at radius 1 is 0.389 bits per heavy atom. The number of benzene rings is 8. The number of nitrogens with one attached hydrogen (secondary N) is 1. The molecule has 0 aliphatic carbocycles. The molecule has 4 saturated heterocycles. The first-order valence-corrected chi connectivity index (χ1v) is 53.0. The number of aliphatic imine (C=N–C) groups is 1. The average molecular weight is 2060 g/mol. The van der Waals surface area contributed by atoms with Crippen LogP contribution in [0.25, 0.3) is 93.2 Å². The Morgan fingerprint density at radius 2 is 0.758 bits per heavy atom. The summed E-state index contributed by atoms with van der Waals surface area (Å²) in [7, 11) is -1.11. The number of piperazine rings is 4. The smallest absolute Gasteiger partial charge is 0.248 e. The number of aromatic amines is 1. The summed E-state index contributed by atoms with van der Waals surface area (Å²) in [5, 5.41) is 40.1. The first kappa shape index (κ1) is 110. The highest BCUT2D eigenvalue weighted by Gasteiger charge is 2.26. The van der Waals surface area contributed by atoms with E-state index in [1.165, 1.54) is 28.6 Å². The molecule has 5 aliphatic rings. The second-order valence-electron chi connectivity index (χ2n) is 37.2. The molecule has 30 nitrogen and oxygen atoms in total. The molecule has 8 aromatic carbocycles. The molecular formula is C116H129Cl2N19O11Si. The van der Waals surface area contributed by atoms with Crippen molar-refractivity contribution in [2.24, 2.45) is 4.99 Å². The van der Waals surface area contributed by atoms with Gasteiger partial charge in [0, 0.05) is 227 Å². The number of anilines is 4. The number of carbonyl (C=O) groups excluding carboxylic acids is 4. The molecule has 4 amide bonds. The summed E-state index contributed by atoms with van der Waals surface area (Å²) in [6, 6.07) is 81.0. The van der Waals surface area contributed by atoms with E-state index in [1.807, 2.05) is 188 Å². The van der Waals surface area contributed by atoms with Gasteiger partial charge in [0.2, 0.25) is 35.1 Å². The molecule has 0 radical (unpaired) electrons. The van der Waals surface area contributed by atoms with E-state index in [0.717, 1.165) is 251 Å². The third kappa shape index (κ3) is 30.4. The van der Waals surface area contributed by atoms with Crippen molar-refractivity contribution in [2.75, 3.05) is 137 Å². The molecule has 0 bridgehead atoms. The van der Waals surface area contributed by atoms with Crippen molar-refractivity contribution in [3.63, 3.8) is 0 Å². The standard InChI is InChI=1S/C30H37N5O3Si.C24H23N5O2.C16H19N3O.C15H17N3O2.C10H8ClN.C9H6ClNO.C9H7NO2.3CH4/c1-23(36)33-15-17-34(18-16-33)30-12-7-25-21-27(10-11-28(25)32-30)38-26-8-5-24(6-9-26)29-13-14-31-35(29)22-37-19-20-39(2,3)4;1-17(30)28-10-12-29(13-11-28)23-6-2-18-14-21(4-5-22(18)27-23)31-24-7-3-19(16-26-24)20-8-9-25-15-20;1-12-3-5-15-14(11-12)4-6-16(17-15)19-9-7-18(8-10-19)13(2)20;1-11(19)17-6-8-18(9-7-17)15-5-2-12-10-13(20)3-4-14(12)16-15;1-7-2-4-9-8(6-7)3-5-10(11)12-9;10-9-4-1-6-5-7(12)2-3-8(6)11-9;11-7-2-3-8-6(5-7)1-4-9(12)10-8;;;/h5-14,21H,15-20,22H2,1-4H3;2-9,14,16H,10-13,15H2,1H3;3-6,11H,7-10H2,1-2H3;2-5,10,20H,6-9H2,1H3;2-6H,1H3;1-5,12H;1-5,11H,(H,10,12);3*1H4. The molecule has 9 aromatic heterocycles. The Labute approximate surface area is 879 Å². The lowest BCUT2D eigenvalue weighted by atomic mass is 10.1. The molecule has 4 fully saturated rings. The number of fused-ring (bicyclic) bond motifs is 7. The summed E-state index contributed by atoms with van der Waals surface area (Å²) >= 11 is 11.4. The van der Waals surface area contributed by atoms with Gasteiger partial charge in [-0.2, -0.15) is 5.10 Å². The molecule has 0 spiro atoms. The number of rotatable bonds is 15. The quantitative estimate of drug-likeness (QED) is 0.0421. The zero-order valence-corrected chi connectivity index (χ0v) is 85.6. The predicted molar refractivity (Wildman–Crippen MR) is 605 cm³/mol. The van der Waals surface area contributed by atoms with E-state index in [0.29, 0.717) is 29.5 Å². The maximum Gasteiger partial charge on any atom is 0.248 e. The van der Waals surface area contributed by atoms with Crippen LogP contribution in [0.4, 0.5) is 23.3 Å². The van der Waals surface area contributed by atoms with Crippen LogP contribution in [0.15, 0.2) is 283 Å². The van der Waals surface area contributed by atoms with Gasteiger partial charge in [-0.05, 0) is 268 Å². The number of ether oxygens (including phenoxy) is 3. The van der Waals surface area contributed by atoms with Gasteiger partial charge in [0.15, 0.2) is 0 Å². The van der Waals surface area contributed by atoms with Gasteiger partial charge < -0.3 is 73.7 Å². The molecule has 149 heavy (non-hydrogen) atoms. The molecule has 17 aromatic rings. The number of hydrogen-bond donors (Lipinski definition) is 4. The number of aromatic nitrogens is 10. The number of pyridine rings is 8. The number of hydrogen-bond acceptors (Lipinski definition) is 24. The second kappa shape index (κ2) is 51.4. The fourth-order valence-electron chi connectivity index (χ4n) is 17.1. The van der Waals surface area contributed by atoms with E-state index in [9.17, 15) is 29.1 Å². The molecule has 4 N–H and O–H groups in total. The number of allylic oxidation sites excluding steroid dienone is 1. The van der Waals surface area contributed by atoms with E-state index < -0.39 is 8.07 Å². The Hall–Kier alpha value is -16.0. The summed E-state index contributed by atoms with van der Waals surface area (Å²) < 4.78 is 19.9. The number of aryl methyl sites for hydroxylation is 2. The highest BCUT2D eigenvalue weighted by Crippen LogP contribution is 2.34.